The average Bonchev–Trinajstić information content (AvgIpc) is 3.54. The molecule has 0 spiro atoms. The van der Waals surface area contributed by atoms with Crippen LogP contribution < -0.4 is 0 Å². The van der Waals surface area contributed by atoms with Crippen LogP contribution in [0.1, 0.15) is 54.2 Å². The third-order valence-corrected chi connectivity index (χ3v) is 7.94. The number of hydrogen-bond acceptors (Lipinski definition) is 0. The molecule has 1 aliphatic rings. The van der Waals surface area contributed by atoms with E-state index in [4.69, 9.17) is 0 Å². The second-order valence-corrected chi connectivity index (χ2v) is 11.7. The Morgan fingerprint density at radius 1 is 0.757 bits per heavy atom. The van der Waals surface area contributed by atoms with Crippen molar-refractivity contribution in [2.24, 2.45) is 0 Å². The monoisotopic (exact) mass is 556 g/mol. The van der Waals surface area contributed by atoms with Gasteiger partial charge in [0.25, 0.3) is 0 Å². The van der Waals surface area contributed by atoms with Crippen LogP contribution >= 0.6 is 0 Å². The first-order chi connectivity index (χ1) is 17.8. The summed E-state index contributed by atoms with van der Waals surface area (Å²) in [6.45, 7) is 8.85. The second-order valence-electron chi connectivity index (χ2n) is 10.4. The summed E-state index contributed by atoms with van der Waals surface area (Å²) in [6, 6.07) is 45.8. The Labute approximate surface area is 237 Å². The molecule has 0 N–H and O–H groups in total. The smallest absolute Gasteiger partial charge is 0.0253 e. The Morgan fingerprint density at radius 3 is 1.86 bits per heavy atom. The summed E-state index contributed by atoms with van der Waals surface area (Å²) in [4.78, 5) is 0. The molecule has 182 valence electrons. The summed E-state index contributed by atoms with van der Waals surface area (Å²) in [5, 5.41) is 0. The van der Waals surface area contributed by atoms with Gasteiger partial charge in [-0.25, -0.2) is 6.07 Å². The molecule has 0 amide bonds. The van der Waals surface area contributed by atoms with Gasteiger partial charge in [-0.1, -0.05) is 68.5 Å². The molecule has 0 aromatic heterocycles. The van der Waals surface area contributed by atoms with Gasteiger partial charge in [0.15, 0.2) is 0 Å². The van der Waals surface area contributed by atoms with Gasteiger partial charge in [-0.15, -0.1) is 5.56 Å². The van der Waals surface area contributed by atoms with Crippen LogP contribution in [-0.2, 0) is 36.1 Å². The van der Waals surface area contributed by atoms with Crippen LogP contribution in [0.3, 0.4) is 0 Å². The van der Waals surface area contributed by atoms with Gasteiger partial charge < -0.3 is 0 Å². The molecule has 1 aliphatic carbocycles. The molecule has 0 saturated heterocycles. The maximum Gasteiger partial charge on any atom is -0.0253 e. The molecule has 6 rings (SSSR count). The summed E-state index contributed by atoms with van der Waals surface area (Å²) in [6.07, 6.45) is 1.05. The van der Waals surface area contributed by atoms with Gasteiger partial charge in [0.2, 0.25) is 0 Å². The minimum atomic E-state index is 0.314. The largest absolute Gasteiger partial charge is 0.179 e. The molecule has 5 aromatic carbocycles. The van der Waals surface area contributed by atoms with Gasteiger partial charge >= 0.3 is 99.2 Å². The molecular weight excluding hydrogens is 524 g/mol. The first-order valence-corrected chi connectivity index (χ1v) is 14.1. The number of hydrogen-bond donors (Lipinski definition) is 0. The molecular formula is C36H34Zr. The van der Waals surface area contributed by atoms with E-state index in [1.807, 2.05) is 6.07 Å². The second kappa shape index (κ2) is 12.5. The van der Waals surface area contributed by atoms with E-state index in [1.165, 1.54) is 71.9 Å². The predicted octanol–water partition coefficient (Wildman–Crippen LogP) is 8.87. The minimum absolute atomic E-state index is 0.314. The maximum atomic E-state index is 3.30. The SMILES string of the molecule is Cc1cc(C(C)(C)C)c[cH-]1.[Zr+2]=[C](c1ccccc1)c1ccccc1.[c-]1cccc2c1Cc1ccccc1-2. The molecule has 5 aromatic rings. The fourth-order valence-corrected chi connectivity index (χ4v) is 5.22. The van der Waals surface area contributed by atoms with Gasteiger partial charge in [0, 0.05) is 0 Å². The summed E-state index contributed by atoms with van der Waals surface area (Å²) in [5.41, 5.74) is 11.3. The average molecular weight is 558 g/mol. The molecule has 1 heteroatoms. The zero-order valence-corrected chi connectivity index (χ0v) is 24.7. The van der Waals surface area contributed by atoms with Crippen LogP contribution in [0.2, 0.25) is 0 Å². The van der Waals surface area contributed by atoms with Crippen LogP contribution in [0.25, 0.3) is 11.1 Å². The molecule has 0 bridgehead atoms. The van der Waals surface area contributed by atoms with E-state index in [0.717, 1.165) is 6.42 Å². The van der Waals surface area contributed by atoms with Crippen molar-refractivity contribution in [1.82, 2.24) is 0 Å². The van der Waals surface area contributed by atoms with Gasteiger partial charge in [-0.05, 0) is 6.42 Å². The van der Waals surface area contributed by atoms with E-state index in [2.05, 4.69) is 149 Å². The number of benzene rings is 4. The molecule has 0 aliphatic heterocycles. The van der Waals surface area contributed by atoms with Crippen LogP contribution in [-0.4, -0.2) is 3.21 Å². The van der Waals surface area contributed by atoms with Crippen LogP contribution in [0, 0.1) is 13.0 Å². The van der Waals surface area contributed by atoms with Crippen molar-refractivity contribution in [2.75, 3.05) is 0 Å². The third kappa shape index (κ3) is 7.27. The maximum absolute atomic E-state index is 3.30. The molecule has 0 atom stereocenters. The van der Waals surface area contributed by atoms with Crippen molar-refractivity contribution >= 4 is 3.21 Å². The topological polar surface area (TPSA) is 0 Å². The summed E-state index contributed by atoms with van der Waals surface area (Å²) >= 11 is 1.46. The Hall–Kier alpha value is -3.02. The van der Waals surface area contributed by atoms with Crippen molar-refractivity contribution in [3.8, 4) is 11.1 Å². The zero-order valence-electron chi connectivity index (χ0n) is 22.3. The van der Waals surface area contributed by atoms with Gasteiger partial charge in [-0.2, -0.15) is 53.1 Å². The van der Waals surface area contributed by atoms with Crippen LogP contribution in [0.15, 0.2) is 121 Å². The van der Waals surface area contributed by atoms with Crippen molar-refractivity contribution in [3.05, 3.63) is 161 Å². The van der Waals surface area contributed by atoms with Crippen molar-refractivity contribution in [2.45, 2.75) is 39.5 Å². The first kappa shape index (κ1) is 27.0. The number of rotatable bonds is 2. The predicted molar refractivity (Wildman–Crippen MR) is 155 cm³/mol. The standard InChI is InChI=1S/C13H9.C13H10.C10H15.Zr/c1-3-7-12-10(5-1)9-11-6-2-4-8-13(11)12;1-3-7-12(8-4-1)11-13-9-5-2-6-10-13;1-8-5-6-9(7-8)10(2,3)4;/h1-5,7-8H,9H2;1-10H;5-7H,1-4H3;/q-1;;-1;+2. The van der Waals surface area contributed by atoms with Crippen molar-refractivity contribution in [3.63, 3.8) is 0 Å². The molecule has 0 radical (unpaired) electrons. The molecule has 0 unspecified atom stereocenters. The van der Waals surface area contributed by atoms with E-state index in [1.54, 1.807) is 0 Å². The van der Waals surface area contributed by atoms with Crippen molar-refractivity contribution in [1.29, 1.82) is 0 Å². The minimum Gasteiger partial charge on any atom is -0.179 e. The number of fused-ring (bicyclic) bond motifs is 3. The quantitative estimate of drug-likeness (QED) is 0.187. The molecule has 37 heavy (non-hydrogen) atoms. The van der Waals surface area contributed by atoms with E-state index < -0.39 is 0 Å². The molecule has 0 fully saturated rings. The third-order valence-electron chi connectivity index (χ3n) is 6.52. The summed E-state index contributed by atoms with van der Waals surface area (Å²) in [7, 11) is 0. The molecule has 0 nitrogen and oxygen atoms in total. The Kier molecular flexibility index (Phi) is 9.12. The first-order valence-electron chi connectivity index (χ1n) is 12.8. The fraction of sp³-hybridized carbons (Fsp3) is 0.167. The van der Waals surface area contributed by atoms with E-state index in [-0.39, 0.29) is 0 Å². The van der Waals surface area contributed by atoms with Crippen LogP contribution in [0.4, 0.5) is 0 Å². The fourth-order valence-electron chi connectivity index (χ4n) is 4.40. The van der Waals surface area contributed by atoms with Gasteiger partial charge in [0.05, 0.1) is 0 Å². The van der Waals surface area contributed by atoms with Gasteiger partial charge in [-0.3, -0.25) is 0 Å². The Bertz CT molecular complexity index is 1350. The zero-order chi connectivity index (χ0) is 26.3. The van der Waals surface area contributed by atoms with E-state index in [0.29, 0.717) is 5.41 Å². The van der Waals surface area contributed by atoms with E-state index in [9.17, 15) is 0 Å². The van der Waals surface area contributed by atoms with Crippen molar-refractivity contribution < 1.29 is 24.2 Å². The molecule has 0 saturated carbocycles. The summed E-state index contributed by atoms with van der Waals surface area (Å²) in [5.74, 6) is 0. The molecule has 0 heterocycles. The normalized spacial score (nSPS) is 11.3. The number of aryl methyl sites for hydroxylation is 1. The summed E-state index contributed by atoms with van der Waals surface area (Å²) < 4.78 is 1.42. The van der Waals surface area contributed by atoms with E-state index >= 15 is 0 Å². The Morgan fingerprint density at radius 2 is 1.32 bits per heavy atom. The van der Waals surface area contributed by atoms with Crippen LogP contribution in [0.5, 0.6) is 0 Å². The van der Waals surface area contributed by atoms with Gasteiger partial charge in [0.1, 0.15) is 0 Å². The Balaban J connectivity index is 0.000000132.